The third kappa shape index (κ3) is 3.80. The van der Waals surface area contributed by atoms with E-state index in [1.807, 2.05) is 42.3 Å². The first-order chi connectivity index (χ1) is 14.3. The molecule has 2 aliphatic rings. The third-order valence-corrected chi connectivity index (χ3v) is 6.94. The van der Waals surface area contributed by atoms with Crippen molar-refractivity contribution in [1.82, 2.24) is 9.29 Å². The lowest BCUT2D eigenvalue weighted by Gasteiger charge is -2.37. The van der Waals surface area contributed by atoms with Crippen LogP contribution in [0.5, 0.6) is 0 Å². The topological polar surface area (TPSA) is 97.3 Å². The lowest BCUT2D eigenvalue weighted by atomic mass is 10.1. The number of sulfonamides is 1. The Labute approximate surface area is 176 Å². The molecule has 160 valence electrons. The molecule has 1 aromatic carbocycles. The lowest BCUT2D eigenvalue weighted by molar-refractivity contribution is 0.201. The molecule has 3 heterocycles. The minimum absolute atomic E-state index is 0.363. The standard InChI is InChI=1S/C20H25N5O4S/c1-15-13-19(21-14-18(15)22-7-9-23(10-8-22)30(2,28)29)24-11-12-25(20(26)27)17-6-4-3-5-16(17)24/h3-6,13-14H,7-12H2,1-2H3,(H,26,27). The van der Waals surface area contributed by atoms with E-state index < -0.39 is 16.1 Å². The molecule has 0 radical (unpaired) electrons. The van der Waals surface area contributed by atoms with Crippen LogP contribution in [0, 0.1) is 6.92 Å². The van der Waals surface area contributed by atoms with Crippen LogP contribution in [0.4, 0.5) is 27.7 Å². The van der Waals surface area contributed by atoms with Crippen molar-refractivity contribution in [3.05, 3.63) is 42.1 Å². The van der Waals surface area contributed by atoms with E-state index in [1.54, 1.807) is 6.07 Å². The number of pyridine rings is 1. The number of piperazine rings is 1. The number of rotatable bonds is 3. The van der Waals surface area contributed by atoms with Gasteiger partial charge in [0.2, 0.25) is 10.0 Å². The normalized spacial score (nSPS) is 17.7. The highest BCUT2D eigenvalue weighted by Gasteiger charge is 2.28. The Morgan fingerprint density at radius 1 is 1.00 bits per heavy atom. The largest absolute Gasteiger partial charge is 0.465 e. The molecule has 0 spiro atoms. The Bertz CT molecular complexity index is 1070. The van der Waals surface area contributed by atoms with E-state index >= 15 is 0 Å². The van der Waals surface area contributed by atoms with Gasteiger partial charge in [-0.15, -0.1) is 0 Å². The van der Waals surface area contributed by atoms with Crippen molar-refractivity contribution in [2.45, 2.75) is 6.92 Å². The van der Waals surface area contributed by atoms with Gasteiger partial charge in [0.15, 0.2) is 0 Å². The number of hydrogen-bond acceptors (Lipinski definition) is 6. The predicted octanol–water partition coefficient (Wildman–Crippen LogP) is 2.11. The lowest BCUT2D eigenvalue weighted by Crippen LogP contribution is -2.48. The van der Waals surface area contributed by atoms with E-state index in [2.05, 4.69) is 9.88 Å². The molecule has 0 aliphatic carbocycles. The van der Waals surface area contributed by atoms with Gasteiger partial charge in [-0.2, -0.15) is 4.31 Å². The summed E-state index contributed by atoms with van der Waals surface area (Å²) in [6, 6.07) is 9.43. The van der Waals surface area contributed by atoms with Crippen molar-refractivity contribution in [3.8, 4) is 0 Å². The molecule has 1 N–H and O–H groups in total. The molecule has 1 amide bonds. The molecule has 9 nitrogen and oxygen atoms in total. The molecule has 1 fully saturated rings. The second kappa shape index (κ2) is 7.77. The van der Waals surface area contributed by atoms with Gasteiger partial charge in [0, 0.05) is 39.3 Å². The highest BCUT2D eigenvalue weighted by Crippen LogP contribution is 2.37. The van der Waals surface area contributed by atoms with E-state index in [0.29, 0.717) is 45.0 Å². The zero-order valence-electron chi connectivity index (χ0n) is 17.0. The maximum absolute atomic E-state index is 11.7. The summed E-state index contributed by atoms with van der Waals surface area (Å²) >= 11 is 0. The number of benzene rings is 1. The molecule has 2 aromatic rings. The van der Waals surface area contributed by atoms with Crippen LogP contribution in [-0.2, 0) is 10.0 Å². The summed E-state index contributed by atoms with van der Waals surface area (Å²) in [6.07, 6.45) is 2.11. The molecular formula is C20H25N5O4S. The van der Waals surface area contributed by atoms with Gasteiger partial charge in [-0.25, -0.2) is 18.2 Å². The number of amides is 1. The number of aryl methyl sites for hydroxylation is 1. The van der Waals surface area contributed by atoms with Crippen molar-refractivity contribution in [2.75, 3.05) is 60.2 Å². The number of carboxylic acid groups (broad SMARTS) is 1. The fraction of sp³-hybridized carbons (Fsp3) is 0.400. The molecule has 2 aliphatic heterocycles. The van der Waals surface area contributed by atoms with Crippen molar-refractivity contribution < 1.29 is 18.3 Å². The van der Waals surface area contributed by atoms with Crippen LogP contribution in [0.2, 0.25) is 0 Å². The van der Waals surface area contributed by atoms with Gasteiger partial charge >= 0.3 is 6.09 Å². The summed E-state index contributed by atoms with van der Waals surface area (Å²) in [6.45, 7) is 5.06. The molecule has 0 atom stereocenters. The Balaban J connectivity index is 1.57. The fourth-order valence-electron chi connectivity index (χ4n) is 4.07. The van der Waals surface area contributed by atoms with Gasteiger partial charge < -0.3 is 14.9 Å². The second-order valence-electron chi connectivity index (χ2n) is 7.55. The van der Waals surface area contributed by atoms with E-state index in [-0.39, 0.29) is 0 Å². The first kappa shape index (κ1) is 20.4. The maximum atomic E-state index is 11.7. The van der Waals surface area contributed by atoms with Crippen molar-refractivity contribution in [2.24, 2.45) is 0 Å². The number of anilines is 4. The van der Waals surface area contributed by atoms with Crippen LogP contribution in [0.1, 0.15) is 5.56 Å². The minimum Gasteiger partial charge on any atom is -0.465 e. The molecule has 0 bridgehead atoms. The Morgan fingerprint density at radius 3 is 2.27 bits per heavy atom. The first-order valence-corrected chi connectivity index (χ1v) is 11.6. The summed E-state index contributed by atoms with van der Waals surface area (Å²) in [5, 5.41) is 9.48. The zero-order chi connectivity index (χ0) is 21.5. The number of nitrogens with zero attached hydrogens (tertiary/aromatic N) is 5. The Kier molecular flexibility index (Phi) is 5.29. The van der Waals surface area contributed by atoms with Gasteiger partial charge in [-0.05, 0) is 30.7 Å². The third-order valence-electron chi connectivity index (χ3n) is 5.64. The van der Waals surface area contributed by atoms with Crippen LogP contribution < -0.4 is 14.7 Å². The summed E-state index contributed by atoms with van der Waals surface area (Å²) < 4.78 is 25.0. The summed E-state index contributed by atoms with van der Waals surface area (Å²) in [5.74, 6) is 0.767. The SMILES string of the molecule is Cc1cc(N2CCN(C(=O)O)c3ccccc32)ncc1N1CCN(S(C)(=O)=O)CC1. The quantitative estimate of drug-likeness (QED) is 0.795. The smallest absolute Gasteiger partial charge is 0.411 e. The van der Waals surface area contributed by atoms with Gasteiger partial charge in [0.05, 0.1) is 29.5 Å². The van der Waals surface area contributed by atoms with Crippen LogP contribution in [0.3, 0.4) is 0 Å². The van der Waals surface area contributed by atoms with E-state index in [0.717, 1.165) is 22.8 Å². The molecule has 0 saturated carbocycles. The van der Waals surface area contributed by atoms with Gasteiger partial charge in [0.1, 0.15) is 5.82 Å². The number of hydrogen-bond donors (Lipinski definition) is 1. The molecular weight excluding hydrogens is 406 g/mol. The van der Waals surface area contributed by atoms with Gasteiger partial charge in [-0.1, -0.05) is 12.1 Å². The van der Waals surface area contributed by atoms with Crippen molar-refractivity contribution in [1.29, 1.82) is 0 Å². The van der Waals surface area contributed by atoms with Crippen LogP contribution >= 0.6 is 0 Å². The van der Waals surface area contributed by atoms with Crippen molar-refractivity contribution >= 4 is 39.0 Å². The highest BCUT2D eigenvalue weighted by molar-refractivity contribution is 7.88. The summed E-state index contributed by atoms with van der Waals surface area (Å²) in [7, 11) is -3.16. The minimum atomic E-state index is -3.16. The van der Waals surface area contributed by atoms with Crippen molar-refractivity contribution in [3.63, 3.8) is 0 Å². The molecule has 10 heteroatoms. The average molecular weight is 432 g/mol. The highest BCUT2D eigenvalue weighted by atomic mass is 32.2. The van der Waals surface area contributed by atoms with Crippen LogP contribution in [-0.4, -0.2) is 74.4 Å². The summed E-state index contributed by atoms with van der Waals surface area (Å²) in [4.78, 5) is 21.8. The Hall–Kier alpha value is -2.85. The molecule has 1 aromatic heterocycles. The molecule has 30 heavy (non-hydrogen) atoms. The second-order valence-corrected chi connectivity index (χ2v) is 9.54. The molecule has 0 unspecified atom stereocenters. The number of fused-ring (bicyclic) bond motifs is 1. The van der Waals surface area contributed by atoms with E-state index in [9.17, 15) is 18.3 Å². The Morgan fingerprint density at radius 2 is 1.67 bits per heavy atom. The number of carbonyl (C=O) groups is 1. The molecule has 1 saturated heterocycles. The average Bonchev–Trinajstić information content (AvgIpc) is 2.72. The van der Waals surface area contributed by atoms with Crippen LogP contribution in [0.25, 0.3) is 0 Å². The van der Waals surface area contributed by atoms with Gasteiger partial charge in [-0.3, -0.25) is 4.90 Å². The van der Waals surface area contributed by atoms with E-state index in [1.165, 1.54) is 15.5 Å². The monoisotopic (exact) mass is 431 g/mol. The van der Waals surface area contributed by atoms with Crippen LogP contribution in [0.15, 0.2) is 36.5 Å². The predicted molar refractivity (Wildman–Crippen MR) is 116 cm³/mol. The number of para-hydroxylation sites is 2. The number of aromatic nitrogens is 1. The fourth-order valence-corrected chi connectivity index (χ4v) is 4.90. The molecule has 4 rings (SSSR count). The van der Waals surface area contributed by atoms with Gasteiger partial charge in [0.25, 0.3) is 0 Å². The summed E-state index contributed by atoms with van der Waals surface area (Å²) in [5.41, 5.74) is 3.50. The maximum Gasteiger partial charge on any atom is 0.411 e. The zero-order valence-corrected chi connectivity index (χ0v) is 17.8. The van der Waals surface area contributed by atoms with E-state index in [4.69, 9.17) is 0 Å². The first-order valence-electron chi connectivity index (χ1n) is 9.79.